The largest absolute Gasteiger partial charge is 0.371 e. The third-order valence-corrected chi connectivity index (χ3v) is 1.66. The van der Waals surface area contributed by atoms with Crippen LogP contribution in [0.25, 0.3) is 11.2 Å². The first-order valence-corrected chi connectivity index (χ1v) is 3.73. The smallest absolute Gasteiger partial charge is 0.226 e. The predicted molar refractivity (Wildman–Crippen MR) is 46.2 cm³/mol. The second-order valence-electron chi connectivity index (χ2n) is 2.19. The molecule has 0 aliphatic rings. The number of halogens is 1. The summed E-state index contributed by atoms with van der Waals surface area (Å²) in [4.78, 5) is 14.7. The number of hydrogen-bond acceptors (Lipinski definition) is 4. The van der Waals surface area contributed by atoms with Gasteiger partial charge in [0, 0.05) is 7.05 Å². The van der Waals surface area contributed by atoms with Crippen LogP contribution in [-0.4, -0.2) is 27.0 Å². The highest BCUT2D eigenvalue weighted by Gasteiger charge is 2.05. The zero-order valence-electron chi connectivity index (χ0n) is 6.30. The van der Waals surface area contributed by atoms with Crippen molar-refractivity contribution in [2.24, 2.45) is 0 Å². The minimum absolute atomic E-state index is 0.193. The van der Waals surface area contributed by atoms with Crippen molar-refractivity contribution < 1.29 is 0 Å². The third-order valence-electron chi connectivity index (χ3n) is 1.50. The lowest BCUT2D eigenvalue weighted by Crippen LogP contribution is -1.95. The lowest BCUT2D eigenvalue weighted by Gasteiger charge is -1.98. The van der Waals surface area contributed by atoms with E-state index < -0.39 is 0 Å². The Morgan fingerprint density at radius 2 is 2.33 bits per heavy atom. The van der Waals surface area contributed by atoms with Crippen LogP contribution in [0.1, 0.15) is 0 Å². The van der Waals surface area contributed by atoms with Crippen molar-refractivity contribution in [2.75, 3.05) is 12.4 Å². The summed E-state index contributed by atoms with van der Waals surface area (Å²) in [7, 11) is 1.76. The van der Waals surface area contributed by atoms with E-state index >= 15 is 0 Å². The zero-order chi connectivity index (χ0) is 8.55. The molecule has 0 radical (unpaired) electrons. The monoisotopic (exact) mass is 183 g/mol. The molecule has 0 amide bonds. The Morgan fingerprint density at radius 1 is 1.50 bits per heavy atom. The molecule has 0 aliphatic carbocycles. The van der Waals surface area contributed by atoms with Crippen LogP contribution in [0.15, 0.2) is 6.33 Å². The normalized spacial score (nSPS) is 10.5. The number of aromatic nitrogens is 4. The third kappa shape index (κ3) is 0.984. The molecule has 62 valence electrons. The van der Waals surface area contributed by atoms with E-state index in [4.69, 9.17) is 11.6 Å². The van der Waals surface area contributed by atoms with Crippen LogP contribution in [0.2, 0.25) is 5.28 Å². The van der Waals surface area contributed by atoms with E-state index in [0.717, 1.165) is 5.52 Å². The van der Waals surface area contributed by atoms with Crippen molar-refractivity contribution >= 4 is 28.6 Å². The van der Waals surface area contributed by atoms with Crippen molar-refractivity contribution in [3.63, 3.8) is 0 Å². The number of anilines is 1. The Hall–Kier alpha value is -1.36. The van der Waals surface area contributed by atoms with Gasteiger partial charge in [0.05, 0.1) is 6.33 Å². The molecule has 0 saturated heterocycles. The molecule has 2 heterocycles. The van der Waals surface area contributed by atoms with Gasteiger partial charge in [-0.15, -0.1) is 0 Å². The van der Waals surface area contributed by atoms with Crippen LogP contribution in [-0.2, 0) is 0 Å². The van der Waals surface area contributed by atoms with E-state index in [-0.39, 0.29) is 5.28 Å². The van der Waals surface area contributed by atoms with Crippen molar-refractivity contribution in [1.29, 1.82) is 0 Å². The average molecular weight is 184 g/mol. The van der Waals surface area contributed by atoms with Crippen LogP contribution in [0.3, 0.4) is 0 Å². The fourth-order valence-corrected chi connectivity index (χ4v) is 1.15. The fourth-order valence-electron chi connectivity index (χ4n) is 0.988. The Morgan fingerprint density at radius 3 is 3.08 bits per heavy atom. The molecular formula is C6H6ClN5. The van der Waals surface area contributed by atoms with Gasteiger partial charge in [0.2, 0.25) is 5.28 Å². The van der Waals surface area contributed by atoms with Gasteiger partial charge in [-0.3, -0.25) is 0 Å². The van der Waals surface area contributed by atoms with Gasteiger partial charge < -0.3 is 10.3 Å². The van der Waals surface area contributed by atoms with Gasteiger partial charge in [0.25, 0.3) is 0 Å². The van der Waals surface area contributed by atoms with Crippen LogP contribution in [0.5, 0.6) is 0 Å². The molecule has 12 heavy (non-hydrogen) atoms. The SMILES string of the molecule is CNc1nc(Cl)nc2nc[nH]c12. The van der Waals surface area contributed by atoms with Gasteiger partial charge in [-0.25, -0.2) is 4.98 Å². The highest BCUT2D eigenvalue weighted by Crippen LogP contribution is 2.17. The molecule has 5 nitrogen and oxygen atoms in total. The molecule has 0 aromatic carbocycles. The maximum atomic E-state index is 5.64. The van der Waals surface area contributed by atoms with Crippen molar-refractivity contribution in [3.8, 4) is 0 Å². The maximum absolute atomic E-state index is 5.64. The molecule has 2 aromatic rings. The van der Waals surface area contributed by atoms with Crippen LogP contribution in [0.4, 0.5) is 5.82 Å². The van der Waals surface area contributed by atoms with Gasteiger partial charge in [-0.05, 0) is 11.6 Å². The minimum Gasteiger partial charge on any atom is -0.371 e. The molecule has 0 fully saturated rings. The summed E-state index contributed by atoms with van der Waals surface area (Å²) in [5.41, 5.74) is 1.33. The topological polar surface area (TPSA) is 66.5 Å². The molecule has 0 saturated carbocycles. The summed E-state index contributed by atoms with van der Waals surface area (Å²) in [5.74, 6) is 0.655. The van der Waals surface area contributed by atoms with Crippen molar-refractivity contribution in [2.45, 2.75) is 0 Å². The number of nitrogens with zero attached hydrogens (tertiary/aromatic N) is 3. The van der Waals surface area contributed by atoms with Crippen LogP contribution < -0.4 is 5.32 Å². The number of fused-ring (bicyclic) bond motifs is 1. The highest BCUT2D eigenvalue weighted by molar-refractivity contribution is 6.28. The van der Waals surface area contributed by atoms with Gasteiger partial charge in [-0.2, -0.15) is 9.97 Å². The van der Waals surface area contributed by atoms with Gasteiger partial charge in [0.1, 0.15) is 5.52 Å². The van der Waals surface area contributed by atoms with E-state index in [1.807, 2.05) is 0 Å². The first-order valence-electron chi connectivity index (χ1n) is 3.35. The first-order chi connectivity index (χ1) is 5.81. The summed E-state index contributed by atoms with van der Waals surface area (Å²) in [6.07, 6.45) is 1.55. The average Bonchev–Trinajstić information content (AvgIpc) is 2.50. The standard InChI is InChI=1S/C6H6ClN5/c1-8-4-3-5(10-2-9-3)12-6(7)11-4/h2H,1H3,(H2,8,9,10,11,12). The molecule has 0 bridgehead atoms. The number of nitrogens with one attached hydrogen (secondary N) is 2. The molecule has 0 unspecified atom stereocenters. The molecule has 0 atom stereocenters. The lowest BCUT2D eigenvalue weighted by molar-refractivity contribution is 1.19. The van der Waals surface area contributed by atoms with Crippen molar-refractivity contribution in [3.05, 3.63) is 11.6 Å². The second kappa shape index (κ2) is 2.60. The predicted octanol–water partition coefficient (Wildman–Crippen LogP) is 1.05. The fraction of sp³-hybridized carbons (Fsp3) is 0.167. The lowest BCUT2D eigenvalue weighted by atomic mass is 10.5. The zero-order valence-corrected chi connectivity index (χ0v) is 7.05. The number of aromatic amines is 1. The van der Waals surface area contributed by atoms with E-state index in [0.29, 0.717) is 11.5 Å². The number of rotatable bonds is 1. The summed E-state index contributed by atoms with van der Waals surface area (Å²) in [5, 5.41) is 3.08. The van der Waals surface area contributed by atoms with E-state index in [2.05, 4.69) is 25.3 Å². The minimum atomic E-state index is 0.193. The second-order valence-corrected chi connectivity index (χ2v) is 2.53. The molecule has 0 spiro atoms. The van der Waals surface area contributed by atoms with E-state index in [1.54, 1.807) is 13.4 Å². The quantitative estimate of drug-likeness (QED) is 0.649. The van der Waals surface area contributed by atoms with Crippen LogP contribution in [0, 0.1) is 0 Å². The summed E-state index contributed by atoms with van der Waals surface area (Å²) in [6, 6.07) is 0. The van der Waals surface area contributed by atoms with Gasteiger partial charge >= 0.3 is 0 Å². The molecule has 0 aliphatic heterocycles. The van der Waals surface area contributed by atoms with Crippen LogP contribution >= 0.6 is 11.6 Å². The Bertz CT molecular complexity index is 409. The molecule has 2 aromatic heterocycles. The van der Waals surface area contributed by atoms with Crippen molar-refractivity contribution in [1.82, 2.24) is 19.9 Å². The number of H-pyrrole nitrogens is 1. The highest BCUT2D eigenvalue weighted by atomic mass is 35.5. The summed E-state index contributed by atoms with van der Waals surface area (Å²) in [6.45, 7) is 0. The number of hydrogen-bond donors (Lipinski definition) is 2. The van der Waals surface area contributed by atoms with E-state index in [1.165, 1.54) is 0 Å². The Labute approximate surface area is 73.2 Å². The summed E-state index contributed by atoms with van der Waals surface area (Å²) < 4.78 is 0. The molecule has 6 heteroatoms. The Kier molecular flexibility index (Phi) is 1.58. The molecule has 2 N–H and O–H groups in total. The molecular weight excluding hydrogens is 178 g/mol. The number of imidazole rings is 1. The summed E-state index contributed by atoms with van der Waals surface area (Å²) >= 11 is 5.64. The Balaban J connectivity index is 2.80. The van der Waals surface area contributed by atoms with E-state index in [9.17, 15) is 0 Å². The maximum Gasteiger partial charge on any atom is 0.226 e. The van der Waals surface area contributed by atoms with Gasteiger partial charge in [-0.1, -0.05) is 0 Å². The first kappa shape index (κ1) is 7.30. The molecule has 2 rings (SSSR count). The van der Waals surface area contributed by atoms with Gasteiger partial charge in [0.15, 0.2) is 11.5 Å².